The predicted molar refractivity (Wildman–Crippen MR) is 79.5 cm³/mol. The summed E-state index contributed by atoms with van der Waals surface area (Å²) in [5.74, 6) is 0.370. The third-order valence-electron chi connectivity index (χ3n) is 5.68. The molecule has 0 aromatic rings. The van der Waals surface area contributed by atoms with Crippen LogP contribution in [-0.2, 0) is 9.47 Å². The Labute approximate surface area is 126 Å². The molecule has 0 amide bonds. The fourth-order valence-corrected chi connectivity index (χ4v) is 3.94. The second-order valence-corrected chi connectivity index (χ2v) is 7.06. The monoisotopic (exact) mass is 297 g/mol. The summed E-state index contributed by atoms with van der Waals surface area (Å²) in [5, 5.41) is 12.1. The van der Waals surface area contributed by atoms with Crippen LogP contribution in [0, 0.1) is 5.41 Å². The van der Waals surface area contributed by atoms with Gasteiger partial charge in [-0.25, -0.2) is 0 Å². The number of nitrogens with zero attached hydrogens (tertiary/aromatic N) is 2. The molecule has 0 bridgehead atoms. The minimum atomic E-state index is -0.162. The molecule has 3 saturated heterocycles. The molecule has 3 N–H and O–H groups in total. The molecule has 0 aromatic carbocycles. The van der Waals surface area contributed by atoms with Crippen LogP contribution in [0.1, 0.15) is 39.0 Å². The molecule has 120 valence electrons. The third kappa shape index (κ3) is 2.89. The minimum absolute atomic E-state index is 0.0325. The molecule has 0 radical (unpaired) electrons. The van der Waals surface area contributed by atoms with Crippen molar-refractivity contribution in [2.45, 2.75) is 50.7 Å². The molecule has 3 heterocycles. The molecule has 21 heavy (non-hydrogen) atoms. The van der Waals surface area contributed by atoms with Crippen molar-refractivity contribution >= 4 is 5.84 Å². The number of hydrogen-bond donors (Lipinski definition) is 2. The third-order valence-corrected chi connectivity index (χ3v) is 5.68. The average molecular weight is 297 g/mol. The summed E-state index contributed by atoms with van der Waals surface area (Å²) >= 11 is 0. The number of ether oxygens (including phenoxy) is 2. The molecule has 2 atom stereocenters. The number of piperidine rings is 1. The number of rotatable bonds is 2. The SMILES string of the molecule is CC1(C(N)=NO)CCN(C2CCOC3(CCOC3)C2)CC1. The number of likely N-dealkylation sites (tertiary alicyclic amines) is 1. The van der Waals surface area contributed by atoms with Crippen LogP contribution in [0.2, 0.25) is 0 Å². The van der Waals surface area contributed by atoms with Gasteiger partial charge in [0.2, 0.25) is 0 Å². The first-order valence-corrected chi connectivity index (χ1v) is 8.01. The predicted octanol–water partition coefficient (Wildman–Crippen LogP) is 1.17. The lowest BCUT2D eigenvalue weighted by molar-refractivity contribution is -0.109. The zero-order chi connectivity index (χ0) is 14.9. The van der Waals surface area contributed by atoms with Crippen molar-refractivity contribution in [3.63, 3.8) is 0 Å². The molecule has 0 aromatic heterocycles. The molecule has 2 unspecified atom stereocenters. The van der Waals surface area contributed by atoms with E-state index in [-0.39, 0.29) is 11.0 Å². The second kappa shape index (κ2) is 5.74. The van der Waals surface area contributed by atoms with E-state index in [1.54, 1.807) is 0 Å². The molecule has 3 aliphatic heterocycles. The van der Waals surface area contributed by atoms with Crippen LogP contribution in [0.25, 0.3) is 0 Å². The lowest BCUT2D eigenvalue weighted by Crippen LogP contribution is -2.53. The van der Waals surface area contributed by atoms with Gasteiger partial charge in [0.05, 0.1) is 12.2 Å². The van der Waals surface area contributed by atoms with E-state index in [0.717, 1.165) is 65.0 Å². The molecule has 0 aliphatic carbocycles. The van der Waals surface area contributed by atoms with Crippen LogP contribution in [-0.4, -0.2) is 60.5 Å². The fourth-order valence-electron chi connectivity index (χ4n) is 3.94. The number of hydrogen-bond acceptors (Lipinski definition) is 5. The lowest BCUT2D eigenvalue weighted by atomic mass is 9.78. The molecule has 1 spiro atoms. The first-order valence-electron chi connectivity index (χ1n) is 8.01. The average Bonchev–Trinajstić information content (AvgIpc) is 2.95. The van der Waals surface area contributed by atoms with Crippen LogP contribution in [0.4, 0.5) is 0 Å². The van der Waals surface area contributed by atoms with Crippen molar-refractivity contribution < 1.29 is 14.7 Å². The van der Waals surface area contributed by atoms with Gasteiger partial charge in [-0.1, -0.05) is 12.1 Å². The van der Waals surface area contributed by atoms with E-state index >= 15 is 0 Å². The van der Waals surface area contributed by atoms with Gasteiger partial charge in [-0.15, -0.1) is 0 Å². The molecule has 6 heteroatoms. The highest BCUT2D eigenvalue weighted by atomic mass is 16.6. The van der Waals surface area contributed by atoms with E-state index in [4.69, 9.17) is 20.4 Å². The Morgan fingerprint density at radius 3 is 2.67 bits per heavy atom. The zero-order valence-electron chi connectivity index (χ0n) is 12.9. The molecule has 6 nitrogen and oxygen atoms in total. The quantitative estimate of drug-likeness (QED) is 0.346. The molecule has 3 aliphatic rings. The Morgan fingerprint density at radius 2 is 2.05 bits per heavy atom. The minimum Gasteiger partial charge on any atom is -0.409 e. The van der Waals surface area contributed by atoms with Gasteiger partial charge in [0.1, 0.15) is 5.84 Å². The van der Waals surface area contributed by atoms with Gasteiger partial charge < -0.3 is 25.3 Å². The van der Waals surface area contributed by atoms with Crippen molar-refractivity contribution in [3.05, 3.63) is 0 Å². The highest BCUT2D eigenvalue weighted by Crippen LogP contribution is 2.38. The Kier molecular flexibility index (Phi) is 4.12. The first kappa shape index (κ1) is 15.1. The topological polar surface area (TPSA) is 80.3 Å². The summed E-state index contributed by atoms with van der Waals surface area (Å²) in [7, 11) is 0. The van der Waals surface area contributed by atoms with E-state index in [0.29, 0.717) is 11.9 Å². The number of amidine groups is 1. The summed E-state index contributed by atoms with van der Waals surface area (Å²) in [6.45, 7) is 6.52. The first-order chi connectivity index (χ1) is 10.1. The number of oxime groups is 1. The Balaban J connectivity index is 1.59. The largest absolute Gasteiger partial charge is 0.409 e. The maximum absolute atomic E-state index is 8.93. The number of nitrogens with two attached hydrogens (primary N) is 1. The van der Waals surface area contributed by atoms with Crippen LogP contribution in [0.15, 0.2) is 5.16 Å². The summed E-state index contributed by atoms with van der Waals surface area (Å²) < 4.78 is 11.6. The van der Waals surface area contributed by atoms with E-state index < -0.39 is 0 Å². The standard InChI is InChI=1S/C15H27N3O3/c1-14(13(16)17-19)3-6-18(7-4-14)12-2-8-21-15(10-12)5-9-20-11-15/h12,19H,2-11H2,1H3,(H2,16,17). The summed E-state index contributed by atoms with van der Waals surface area (Å²) in [5.41, 5.74) is 5.65. The maximum Gasteiger partial charge on any atom is 0.145 e. The van der Waals surface area contributed by atoms with Gasteiger partial charge in [0, 0.05) is 31.1 Å². The summed E-state index contributed by atoms with van der Waals surface area (Å²) in [6.07, 6.45) is 5.10. The lowest BCUT2D eigenvalue weighted by Gasteiger charge is -2.46. The van der Waals surface area contributed by atoms with Crippen molar-refractivity contribution in [1.29, 1.82) is 0 Å². The summed E-state index contributed by atoms with van der Waals surface area (Å²) in [4.78, 5) is 2.56. The van der Waals surface area contributed by atoms with Crippen molar-refractivity contribution in [1.82, 2.24) is 4.90 Å². The van der Waals surface area contributed by atoms with Gasteiger partial charge >= 0.3 is 0 Å². The van der Waals surface area contributed by atoms with E-state index in [9.17, 15) is 0 Å². The van der Waals surface area contributed by atoms with Crippen LogP contribution >= 0.6 is 0 Å². The van der Waals surface area contributed by atoms with Crippen LogP contribution < -0.4 is 5.73 Å². The van der Waals surface area contributed by atoms with Gasteiger partial charge in [-0.3, -0.25) is 0 Å². The van der Waals surface area contributed by atoms with E-state index in [1.807, 2.05) is 0 Å². The molecule has 0 saturated carbocycles. The highest BCUT2D eigenvalue weighted by Gasteiger charge is 2.44. The normalized spacial score (nSPS) is 38.0. The van der Waals surface area contributed by atoms with Crippen molar-refractivity contribution in [3.8, 4) is 0 Å². The van der Waals surface area contributed by atoms with Gasteiger partial charge in [0.15, 0.2) is 0 Å². The van der Waals surface area contributed by atoms with Gasteiger partial charge in [-0.2, -0.15) is 0 Å². The Hall–Kier alpha value is -0.850. The highest BCUT2D eigenvalue weighted by molar-refractivity contribution is 5.85. The smallest absolute Gasteiger partial charge is 0.145 e. The van der Waals surface area contributed by atoms with E-state index in [2.05, 4.69) is 17.0 Å². The molecule has 3 rings (SSSR count). The Bertz CT molecular complexity index is 399. The van der Waals surface area contributed by atoms with E-state index in [1.165, 1.54) is 0 Å². The zero-order valence-corrected chi connectivity index (χ0v) is 12.9. The maximum atomic E-state index is 8.93. The fraction of sp³-hybridized carbons (Fsp3) is 0.933. The van der Waals surface area contributed by atoms with Gasteiger partial charge in [-0.05, 0) is 38.8 Å². The summed E-state index contributed by atoms with van der Waals surface area (Å²) in [6, 6.07) is 0.581. The van der Waals surface area contributed by atoms with Crippen LogP contribution in [0.5, 0.6) is 0 Å². The van der Waals surface area contributed by atoms with Crippen molar-refractivity contribution in [2.75, 3.05) is 32.9 Å². The van der Waals surface area contributed by atoms with Gasteiger partial charge in [0.25, 0.3) is 0 Å². The molecular weight excluding hydrogens is 270 g/mol. The molecular formula is C15H27N3O3. The second-order valence-electron chi connectivity index (χ2n) is 7.06. The van der Waals surface area contributed by atoms with Crippen LogP contribution in [0.3, 0.4) is 0 Å². The van der Waals surface area contributed by atoms with Crippen molar-refractivity contribution in [2.24, 2.45) is 16.3 Å². The Morgan fingerprint density at radius 1 is 1.29 bits per heavy atom. The molecule has 3 fully saturated rings.